The summed E-state index contributed by atoms with van der Waals surface area (Å²) in [6, 6.07) is 0. The second-order valence-electron chi connectivity index (χ2n) is 4.24. The molecule has 0 aromatic rings. The van der Waals surface area contributed by atoms with E-state index in [1.807, 2.05) is 0 Å². The first-order valence-corrected chi connectivity index (χ1v) is 5.34. The van der Waals surface area contributed by atoms with Gasteiger partial charge in [0.25, 0.3) is 0 Å². The highest BCUT2D eigenvalue weighted by Crippen LogP contribution is 2.24. The third-order valence-corrected chi connectivity index (χ3v) is 2.89. The number of hydrogen-bond donors (Lipinski definition) is 0. The summed E-state index contributed by atoms with van der Waals surface area (Å²) < 4.78 is 0. The van der Waals surface area contributed by atoms with Crippen LogP contribution in [-0.2, 0) is 9.59 Å². The highest BCUT2D eigenvalue weighted by Gasteiger charge is 2.22. The zero-order chi connectivity index (χ0) is 10.6. The molecule has 1 rings (SSSR count). The first-order chi connectivity index (χ1) is 6.61. The Hall–Kier alpha value is -0.860. The van der Waals surface area contributed by atoms with Gasteiger partial charge >= 0.3 is 0 Å². The molecule has 0 radical (unpaired) electrons. The van der Waals surface area contributed by atoms with Gasteiger partial charge in [0, 0.05) is 32.9 Å². The van der Waals surface area contributed by atoms with E-state index >= 15 is 0 Å². The first kappa shape index (κ1) is 11.2. The summed E-state index contributed by atoms with van der Waals surface area (Å²) in [6.45, 7) is 0. The van der Waals surface area contributed by atoms with Crippen LogP contribution in [0.3, 0.4) is 0 Å². The van der Waals surface area contributed by atoms with E-state index in [-0.39, 0.29) is 11.8 Å². The second kappa shape index (κ2) is 5.13. The van der Waals surface area contributed by atoms with Crippen LogP contribution in [0, 0.1) is 5.92 Å². The lowest BCUT2D eigenvalue weighted by atomic mass is 9.85. The third kappa shape index (κ3) is 3.13. The number of hydrogen-bond acceptors (Lipinski definition) is 2. The van der Waals surface area contributed by atoms with Gasteiger partial charge in [-0.2, -0.15) is 0 Å². The largest absolute Gasteiger partial charge is 0.349 e. The SMILES string of the molecule is CN(C)C(=O)CCC1CCCCC1=O. The van der Waals surface area contributed by atoms with Crippen molar-refractivity contribution in [2.45, 2.75) is 38.5 Å². The number of nitrogens with zero attached hydrogens (tertiary/aromatic N) is 1. The summed E-state index contributed by atoms with van der Waals surface area (Å²) in [7, 11) is 3.51. The van der Waals surface area contributed by atoms with Crippen LogP contribution in [0.25, 0.3) is 0 Å². The van der Waals surface area contributed by atoms with E-state index in [2.05, 4.69) is 0 Å². The Kier molecular flexibility index (Phi) is 4.11. The Morgan fingerprint density at radius 3 is 2.71 bits per heavy atom. The smallest absolute Gasteiger partial charge is 0.222 e. The van der Waals surface area contributed by atoms with Crippen molar-refractivity contribution in [3.63, 3.8) is 0 Å². The maximum Gasteiger partial charge on any atom is 0.222 e. The minimum atomic E-state index is 0.128. The van der Waals surface area contributed by atoms with Crippen molar-refractivity contribution in [3.05, 3.63) is 0 Å². The van der Waals surface area contributed by atoms with Gasteiger partial charge in [-0.15, -0.1) is 0 Å². The van der Waals surface area contributed by atoms with Gasteiger partial charge in [-0.05, 0) is 19.3 Å². The maximum atomic E-state index is 11.5. The zero-order valence-electron chi connectivity index (χ0n) is 9.08. The van der Waals surface area contributed by atoms with E-state index in [4.69, 9.17) is 0 Å². The molecule has 3 nitrogen and oxygen atoms in total. The number of carbonyl (C=O) groups is 2. The van der Waals surface area contributed by atoms with E-state index in [0.29, 0.717) is 12.2 Å². The molecule has 1 unspecified atom stereocenters. The van der Waals surface area contributed by atoms with Crippen LogP contribution in [0.4, 0.5) is 0 Å². The predicted octanol–water partition coefficient (Wildman–Crippen LogP) is 1.61. The minimum absolute atomic E-state index is 0.128. The van der Waals surface area contributed by atoms with Crippen molar-refractivity contribution < 1.29 is 9.59 Å². The molecule has 1 atom stereocenters. The molecule has 80 valence electrons. The van der Waals surface area contributed by atoms with Crippen molar-refractivity contribution in [2.75, 3.05) is 14.1 Å². The molecule has 1 saturated carbocycles. The van der Waals surface area contributed by atoms with Crippen LogP contribution in [0.5, 0.6) is 0 Å². The molecule has 1 aliphatic rings. The minimum Gasteiger partial charge on any atom is -0.349 e. The first-order valence-electron chi connectivity index (χ1n) is 5.34. The Bertz CT molecular complexity index is 223. The van der Waals surface area contributed by atoms with Gasteiger partial charge in [-0.25, -0.2) is 0 Å². The van der Waals surface area contributed by atoms with Gasteiger partial charge in [-0.1, -0.05) is 6.42 Å². The van der Waals surface area contributed by atoms with Gasteiger partial charge in [-0.3, -0.25) is 9.59 Å². The zero-order valence-corrected chi connectivity index (χ0v) is 9.08. The van der Waals surface area contributed by atoms with Gasteiger partial charge in [0.2, 0.25) is 5.91 Å². The summed E-state index contributed by atoms with van der Waals surface area (Å²) in [5.41, 5.74) is 0. The molecule has 1 amide bonds. The summed E-state index contributed by atoms with van der Waals surface area (Å²) in [4.78, 5) is 24.3. The summed E-state index contributed by atoms with van der Waals surface area (Å²) in [5, 5.41) is 0. The Morgan fingerprint density at radius 2 is 2.14 bits per heavy atom. The van der Waals surface area contributed by atoms with Gasteiger partial charge in [0.1, 0.15) is 5.78 Å². The van der Waals surface area contributed by atoms with Gasteiger partial charge < -0.3 is 4.90 Å². The Labute approximate surface area is 85.5 Å². The van der Waals surface area contributed by atoms with E-state index in [1.165, 1.54) is 0 Å². The average molecular weight is 197 g/mol. The molecule has 0 saturated heterocycles. The van der Waals surface area contributed by atoms with Crippen molar-refractivity contribution in [2.24, 2.45) is 5.92 Å². The lowest BCUT2D eigenvalue weighted by Crippen LogP contribution is -2.25. The molecule has 0 N–H and O–H groups in total. The second-order valence-corrected chi connectivity index (χ2v) is 4.24. The fraction of sp³-hybridized carbons (Fsp3) is 0.818. The van der Waals surface area contributed by atoms with Gasteiger partial charge in [0.15, 0.2) is 0 Å². The van der Waals surface area contributed by atoms with Crippen LogP contribution >= 0.6 is 0 Å². The monoisotopic (exact) mass is 197 g/mol. The summed E-state index contributed by atoms with van der Waals surface area (Å²) >= 11 is 0. The molecule has 0 heterocycles. The predicted molar refractivity (Wildman–Crippen MR) is 54.9 cm³/mol. The summed E-state index contributed by atoms with van der Waals surface area (Å²) in [6.07, 6.45) is 5.16. The number of rotatable bonds is 3. The topological polar surface area (TPSA) is 37.4 Å². The number of ketones is 1. The molecule has 0 aromatic heterocycles. The molecular formula is C11H19NO2. The normalized spacial score (nSPS) is 22.1. The van der Waals surface area contributed by atoms with Crippen molar-refractivity contribution in [3.8, 4) is 0 Å². The molecule has 0 spiro atoms. The Balaban J connectivity index is 2.29. The van der Waals surface area contributed by atoms with Crippen LogP contribution in [-0.4, -0.2) is 30.7 Å². The molecular weight excluding hydrogens is 178 g/mol. The molecule has 0 aromatic carbocycles. The van der Waals surface area contributed by atoms with Crippen molar-refractivity contribution >= 4 is 11.7 Å². The van der Waals surface area contributed by atoms with Crippen molar-refractivity contribution in [1.29, 1.82) is 0 Å². The Morgan fingerprint density at radius 1 is 1.43 bits per heavy atom. The van der Waals surface area contributed by atoms with Crippen LogP contribution < -0.4 is 0 Å². The average Bonchev–Trinajstić information content (AvgIpc) is 2.16. The fourth-order valence-corrected chi connectivity index (χ4v) is 1.88. The number of Topliss-reactive ketones (excluding diaryl/α,β-unsaturated/α-hetero) is 1. The molecule has 1 aliphatic carbocycles. The standard InChI is InChI=1S/C11H19NO2/c1-12(2)11(14)8-7-9-5-3-4-6-10(9)13/h9H,3-8H2,1-2H3. The number of carbonyl (C=O) groups excluding carboxylic acids is 2. The molecule has 1 fully saturated rings. The highest BCUT2D eigenvalue weighted by atomic mass is 16.2. The van der Waals surface area contributed by atoms with Crippen molar-refractivity contribution in [1.82, 2.24) is 4.90 Å². The highest BCUT2D eigenvalue weighted by molar-refractivity contribution is 5.82. The van der Waals surface area contributed by atoms with E-state index in [9.17, 15) is 9.59 Å². The quantitative estimate of drug-likeness (QED) is 0.689. The summed E-state index contributed by atoms with van der Waals surface area (Å²) in [5.74, 6) is 0.652. The molecule has 14 heavy (non-hydrogen) atoms. The van der Waals surface area contributed by atoms with Crippen LogP contribution in [0.2, 0.25) is 0 Å². The van der Waals surface area contributed by atoms with E-state index < -0.39 is 0 Å². The molecule has 0 aliphatic heterocycles. The van der Waals surface area contributed by atoms with Gasteiger partial charge in [0.05, 0.1) is 0 Å². The maximum absolute atomic E-state index is 11.5. The van der Waals surface area contributed by atoms with Crippen LogP contribution in [0.1, 0.15) is 38.5 Å². The molecule has 0 bridgehead atoms. The van der Waals surface area contributed by atoms with Crippen LogP contribution in [0.15, 0.2) is 0 Å². The third-order valence-electron chi connectivity index (χ3n) is 2.89. The number of amides is 1. The van der Waals surface area contributed by atoms with E-state index in [0.717, 1.165) is 32.1 Å². The van der Waals surface area contributed by atoms with E-state index in [1.54, 1.807) is 19.0 Å². The molecule has 3 heteroatoms. The lowest BCUT2D eigenvalue weighted by Gasteiger charge is -2.20. The fourth-order valence-electron chi connectivity index (χ4n) is 1.88. The lowest BCUT2D eigenvalue weighted by molar-refractivity contribution is -0.129.